The number of amides is 1. The number of carbonyl (C=O) groups is 1. The molecule has 0 saturated carbocycles. The van der Waals surface area contributed by atoms with E-state index in [2.05, 4.69) is 22.1 Å². The van der Waals surface area contributed by atoms with Crippen molar-refractivity contribution in [2.75, 3.05) is 5.32 Å². The SMILES string of the molecule is C=CC(=O)Nc1cc2ccccc2nn1. The van der Waals surface area contributed by atoms with Gasteiger partial charge in [0.2, 0.25) is 5.91 Å². The second-order valence-electron chi connectivity index (χ2n) is 2.98. The molecular formula is C11H9N3O. The Morgan fingerprint density at radius 1 is 1.33 bits per heavy atom. The highest BCUT2D eigenvalue weighted by Gasteiger charge is 2.00. The summed E-state index contributed by atoms with van der Waals surface area (Å²) in [6, 6.07) is 9.33. The number of hydrogen-bond acceptors (Lipinski definition) is 3. The zero-order valence-electron chi connectivity index (χ0n) is 7.97. The number of anilines is 1. The standard InChI is InChI=1S/C11H9N3O/c1-2-11(15)12-10-7-8-5-3-4-6-9(8)13-14-10/h2-7H,1H2,(H,12,14,15). The fraction of sp³-hybridized carbons (Fsp3) is 0. The molecule has 4 heteroatoms. The number of nitrogens with zero attached hydrogens (tertiary/aromatic N) is 2. The van der Waals surface area contributed by atoms with E-state index in [0.29, 0.717) is 5.82 Å². The van der Waals surface area contributed by atoms with Gasteiger partial charge in [-0.15, -0.1) is 10.2 Å². The Bertz CT molecular complexity index is 522. The first-order valence-electron chi connectivity index (χ1n) is 4.45. The minimum absolute atomic E-state index is 0.292. The minimum atomic E-state index is -0.292. The van der Waals surface area contributed by atoms with Crippen LogP contribution in [0.5, 0.6) is 0 Å². The van der Waals surface area contributed by atoms with Gasteiger partial charge in [-0.1, -0.05) is 24.8 Å². The summed E-state index contributed by atoms with van der Waals surface area (Å²) in [5, 5.41) is 11.3. The van der Waals surface area contributed by atoms with Crippen molar-refractivity contribution in [1.82, 2.24) is 10.2 Å². The van der Waals surface area contributed by atoms with Gasteiger partial charge in [0.25, 0.3) is 0 Å². The third-order valence-corrected chi connectivity index (χ3v) is 1.93. The van der Waals surface area contributed by atoms with E-state index in [-0.39, 0.29) is 5.91 Å². The Labute approximate surface area is 86.6 Å². The average molecular weight is 199 g/mol. The van der Waals surface area contributed by atoms with Gasteiger partial charge in [-0.2, -0.15) is 0 Å². The first kappa shape index (κ1) is 9.33. The maximum absolute atomic E-state index is 11.0. The highest BCUT2D eigenvalue weighted by atomic mass is 16.1. The van der Waals surface area contributed by atoms with Crippen LogP contribution in [0.25, 0.3) is 10.9 Å². The lowest BCUT2D eigenvalue weighted by Crippen LogP contribution is -2.09. The van der Waals surface area contributed by atoms with Crippen molar-refractivity contribution in [3.63, 3.8) is 0 Å². The van der Waals surface area contributed by atoms with Crippen LogP contribution >= 0.6 is 0 Å². The van der Waals surface area contributed by atoms with Crippen LogP contribution in [-0.4, -0.2) is 16.1 Å². The van der Waals surface area contributed by atoms with Gasteiger partial charge in [0.1, 0.15) is 0 Å². The van der Waals surface area contributed by atoms with Gasteiger partial charge >= 0.3 is 0 Å². The predicted octanol–water partition coefficient (Wildman–Crippen LogP) is 1.75. The Kier molecular flexibility index (Phi) is 2.41. The van der Waals surface area contributed by atoms with Gasteiger partial charge in [-0.05, 0) is 18.2 Å². The van der Waals surface area contributed by atoms with Crippen molar-refractivity contribution in [3.05, 3.63) is 43.0 Å². The zero-order valence-corrected chi connectivity index (χ0v) is 7.97. The fourth-order valence-corrected chi connectivity index (χ4v) is 1.22. The van der Waals surface area contributed by atoms with E-state index in [1.54, 1.807) is 6.07 Å². The van der Waals surface area contributed by atoms with Crippen LogP contribution in [0.4, 0.5) is 5.82 Å². The minimum Gasteiger partial charge on any atom is -0.306 e. The Balaban J connectivity index is 2.38. The van der Waals surface area contributed by atoms with E-state index >= 15 is 0 Å². The fourth-order valence-electron chi connectivity index (χ4n) is 1.22. The summed E-state index contributed by atoms with van der Waals surface area (Å²) in [7, 11) is 0. The molecule has 1 N–H and O–H groups in total. The Morgan fingerprint density at radius 2 is 2.13 bits per heavy atom. The third-order valence-electron chi connectivity index (χ3n) is 1.93. The summed E-state index contributed by atoms with van der Waals surface area (Å²) < 4.78 is 0. The maximum Gasteiger partial charge on any atom is 0.248 e. The van der Waals surface area contributed by atoms with Crippen LogP contribution < -0.4 is 5.32 Å². The molecule has 74 valence electrons. The summed E-state index contributed by atoms with van der Waals surface area (Å²) >= 11 is 0. The highest BCUT2D eigenvalue weighted by Crippen LogP contribution is 2.13. The molecule has 2 aromatic rings. The number of carbonyl (C=O) groups excluding carboxylic acids is 1. The van der Waals surface area contributed by atoms with Crippen LogP contribution in [0.1, 0.15) is 0 Å². The van der Waals surface area contributed by atoms with Gasteiger partial charge < -0.3 is 5.32 Å². The van der Waals surface area contributed by atoms with Crippen molar-refractivity contribution in [3.8, 4) is 0 Å². The molecule has 0 aliphatic heterocycles. The van der Waals surface area contributed by atoms with Crippen LogP contribution in [0.2, 0.25) is 0 Å². The second-order valence-corrected chi connectivity index (χ2v) is 2.98. The molecule has 4 nitrogen and oxygen atoms in total. The van der Waals surface area contributed by atoms with Crippen LogP contribution in [0, 0.1) is 0 Å². The number of fused-ring (bicyclic) bond motifs is 1. The molecule has 15 heavy (non-hydrogen) atoms. The molecule has 1 amide bonds. The van der Waals surface area contributed by atoms with Crippen LogP contribution in [0.3, 0.4) is 0 Å². The summed E-state index contributed by atoms with van der Waals surface area (Å²) in [5.74, 6) is 0.137. The molecule has 0 fully saturated rings. The summed E-state index contributed by atoms with van der Waals surface area (Å²) in [5.41, 5.74) is 0.800. The Hall–Kier alpha value is -2.23. The second kappa shape index (κ2) is 3.88. The van der Waals surface area contributed by atoms with Gasteiger partial charge in [0.15, 0.2) is 5.82 Å². The molecule has 2 rings (SSSR count). The third kappa shape index (κ3) is 1.99. The van der Waals surface area contributed by atoms with Crippen molar-refractivity contribution in [2.45, 2.75) is 0 Å². The molecule has 1 aromatic carbocycles. The number of hydrogen-bond donors (Lipinski definition) is 1. The molecule has 1 heterocycles. The van der Waals surface area contributed by atoms with Crippen LogP contribution in [0.15, 0.2) is 43.0 Å². The predicted molar refractivity (Wildman–Crippen MR) is 58.4 cm³/mol. The largest absolute Gasteiger partial charge is 0.306 e. The number of rotatable bonds is 2. The lowest BCUT2D eigenvalue weighted by Gasteiger charge is -2.01. The van der Waals surface area contributed by atoms with Crippen molar-refractivity contribution in [2.24, 2.45) is 0 Å². The van der Waals surface area contributed by atoms with Crippen molar-refractivity contribution in [1.29, 1.82) is 0 Å². The average Bonchev–Trinajstić information content (AvgIpc) is 2.29. The van der Waals surface area contributed by atoms with E-state index in [1.807, 2.05) is 24.3 Å². The van der Waals surface area contributed by atoms with Crippen molar-refractivity contribution >= 4 is 22.6 Å². The monoisotopic (exact) mass is 199 g/mol. The normalized spacial score (nSPS) is 9.87. The number of aromatic nitrogens is 2. The van der Waals surface area contributed by atoms with E-state index in [4.69, 9.17) is 0 Å². The van der Waals surface area contributed by atoms with E-state index in [9.17, 15) is 4.79 Å². The summed E-state index contributed by atoms with van der Waals surface area (Å²) in [6.07, 6.45) is 1.19. The quantitative estimate of drug-likeness (QED) is 0.750. The summed E-state index contributed by atoms with van der Waals surface area (Å²) in [4.78, 5) is 11.0. The van der Waals surface area contributed by atoms with Crippen molar-refractivity contribution < 1.29 is 4.79 Å². The molecule has 0 spiro atoms. The lowest BCUT2D eigenvalue weighted by molar-refractivity contribution is -0.111. The Morgan fingerprint density at radius 3 is 2.93 bits per heavy atom. The number of benzene rings is 1. The molecule has 0 radical (unpaired) electrons. The molecule has 0 aliphatic rings. The smallest absolute Gasteiger partial charge is 0.248 e. The van der Waals surface area contributed by atoms with Crippen LogP contribution in [-0.2, 0) is 4.79 Å². The summed E-state index contributed by atoms with van der Waals surface area (Å²) in [6.45, 7) is 3.36. The molecule has 0 aliphatic carbocycles. The van der Waals surface area contributed by atoms with Gasteiger partial charge in [0, 0.05) is 5.39 Å². The molecule has 0 atom stereocenters. The first-order chi connectivity index (χ1) is 7.29. The van der Waals surface area contributed by atoms with Gasteiger partial charge in [0.05, 0.1) is 5.52 Å². The zero-order chi connectivity index (χ0) is 10.7. The van der Waals surface area contributed by atoms with E-state index < -0.39 is 0 Å². The molecule has 0 unspecified atom stereocenters. The van der Waals surface area contributed by atoms with Gasteiger partial charge in [-0.25, -0.2) is 0 Å². The molecule has 0 saturated heterocycles. The van der Waals surface area contributed by atoms with E-state index in [0.717, 1.165) is 10.9 Å². The number of nitrogens with one attached hydrogen (secondary N) is 1. The molecular weight excluding hydrogens is 190 g/mol. The highest BCUT2D eigenvalue weighted by molar-refractivity contribution is 5.99. The lowest BCUT2D eigenvalue weighted by atomic mass is 10.2. The molecule has 1 aromatic heterocycles. The topological polar surface area (TPSA) is 54.9 Å². The maximum atomic E-state index is 11.0. The molecule has 0 bridgehead atoms. The first-order valence-corrected chi connectivity index (χ1v) is 4.45. The van der Waals surface area contributed by atoms with Gasteiger partial charge in [-0.3, -0.25) is 4.79 Å². The van der Waals surface area contributed by atoms with E-state index in [1.165, 1.54) is 6.08 Å².